The lowest BCUT2D eigenvalue weighted by Crippen LogP contribution is -2.35. The number of anilines is 2. The normalized spacial score (nSPS) is 16.1. The smallest absolute Gasteiger partial charge is 0.261 e. The second-order valence-electron chi connectivity index (χ2n) is 7.51. The molecule has 0 spiro atoms. The Bertz CT molecular complexity index is 982. The molecule has 154 valence electrons. The molecule has 1 saturated heterocycles. The van der Waals surface area contributed by atoms with Gasteiger partial charge < -0.3 is 10.2 Å². The van der Waals surface area contributed by atoms with E-state index in [2.05, 4.69) is 5.32 Å². The molecule has 1 N–H and O–H groups in total. The largest absolute Gasteiger partial charge is 0.326 e. The maximum absolute atomic E-state index is 12.4. The quantitative estimate of drug-likeness (QED) is 0.748. The number of fused-ring (bicyclic) bond motifs is 1. The number of rotatable bonds is 6. The third kappa shape index (κ3) is 3.96. The molecule has 2 heterocycles. The molecule has 2 aromatic rings. The number of carbonyl (C=O) groups is 4. The Hall–Kier alpha value is -3.48. The molecule has 0 atom stereocenters. The second kappa shape index (κ2) is 8.49. The van der Waals surface area contributed by atoms with Crippen molar-refractivity contribution in [2.45, 2.75) is 32.1 Å². The zero-order valence-corrected chi connectivity index (χ0v) is 16.6. The van der Waals surface area contributed by atoms with E-state index in [9.17, 15) is 19.2 Å². The van der Waals surface area contributed by atoms with Gasteiger partial charge in [-0.1, -0.05) is 18.2 Å². The summed E-state index contributed by atoms with van der Waals surface area (Å²) in [5, 5.41) is 2.84. The summed E-state index contributed by atoms with van der Waals surface area (Å²) in [4.78, 5) is 52.1. The monoisotopic (exact) mass is 405 g/mol. The topological polar surface area (TPSA) is 86.8 Å². The van der Waals surface area contributed by atoms with E-state index in [-0.39, 0.29) is 36.6 Å². The molecule has 7 nitrogen and oxygen atoms in total. The SMILES string of the molecule is O=C(CCCN1C(=O)c2ccccc2C1=O)Nc1cccc(N2CCCCC2=O)c1. The van der Waals surface area contributed by atoms with E-state index in [0.29, 0.717) is 36.2 Å². The lowest BCUT2D eigenvalue weighted by Gasteiger charge is -2.27. The van der Waals surface area contributed by atoms with Crippen molar-refractivity contribution >= 4 is 35.0 Å². The Morgan fingerprint density at radius 3 is 2.37 bits per heavy atom. The molecule has 7 heteroatoms. The van der Waals surface area contributed by atoms with Gasteiger partial charge in [0.2, 0.25) is 11.8 Å². The van der Waals surface area contributed by atoms with Gasteiger partial charge in [-0.15, -0.1) is 0 Å². The first-order chi connectivity index (χ1) is 14.5. The fourth-order valence-corrected chi connectivity index (χ4v) is 3.89. The Kier molecular flexibility index (Phi) is 5.61. The van der Waals surface area contributed by atoms with E-state index >= 15 is 0 Å². The molecule has 0 radical (unpaired) electrons. The van der Waals surface area contributed by atoms with E-state index in [1.54, 1.807) is 41.3 Å². The van der Waals surface area contributed by atoms with Crippen LogP contribution in [0.5, 0.6) is 0 Å². The Morgan fingerprint density at radius 2 is 1.67 bits per heavy atom. The summed E-state index contributed by atoms with van der Waals surface area (Å²) in [6.07, 6.45) is 3.00. The van der Waals surface area contributed by atoms with Crippen molar-refractivity contribution in [3.05, 3.63) is 59.7 Å². The van der Waals surface area contributed by atoms with Crippen molar-refractivity contribution in [3.63, 3.8) is 0 Å². The summed E-state index contributed by atoms with van der Waals surface area (Å²) >= 11 is 0. The second-order valence-corrected chi connectivity index (χ2v) is 7.51. The molecule has 2 aliphatic rings. The van der Waals surface area contributed by atoms with E-state index < -0.39 is 0 Å². The zero-order chi connectivity index (χ0) is 21.1. The molecule has 0 unspecified atom stereocenters. The number of nitrogens with one attached hydrogen (secondary N) is 1. The van der Waals surface area contributed by atoms with Crippen molar-refractivity contribution in [2.24, 2.45) is 0 Å². The third-order valence-corrected chi connectivity index (χ3v) is 5.43. The number of carbonyl (C=O) groups excluding carboxylic acids is 4. The van der Waals surface area contributed by atoms with Crippen LogP contribution in [0.4, 0.5) is 11.4 Å². The molecule has 4 rings (SSSR count). The average Bonchev–Trinajstić information content (AvgIpc) is 2.99. The summed E-state index contributed by atoms with van der Waals surface area (Å²) in [7, 11) is 0. The molecule has 0 aromatic heterocycles. The van der Waals surface area contributed by atoms with E-state index in [1.165, 1.54) is 4.90 Å². The Balaban J connectivity index is 1.31. The first-order valence-corrected chi connectivity index (χ1v) is 10.2. The van der Waals surface area contributed by atoms with Crippen LogP contribution >= 0.6 is 0 Å². The summed E-state index contributed by atoms with van der Waals surface area (Å²) in [6, 6.07) is 14.0. The molecule has 0 bridgehead atoms. The van der Waals surface area contributed by atoms with E-state index in [0.717, 1.165) is 18.5 Å². The van der Waals surface area contributed by atoms with Gasteiger partial charge in [0, 0.05) is 37.3 Å². The molecule has 2 aliphatic heterocycles. The maximum Gasteiger partial charge on any atom is 0.261 e. The molecule has 1 fully saturated rings. The number of benzene rings is 2. The van der Waals surface area contributed by atoms with Crippen molar-refractivity contribution in [3.8, 4) is 0 Å². The highest BCUT2D eigenvalue weighted by atomic mass is 16.2. The third-order valence-electron chi connectivity index (χ3n) is 5.43. The molecular formula is C23H23N3O4. The standard InChI is InChI=1S/C23H23N3O4/c27-20(11-6-14-26-22(29)18-9-1-2-10-19(18)23(26)30)24-16-7-5-8-17(15-16)25-13-4-3-12-21(25)28/h1-2,5,7-10,15H,3-4,6,11-14H2,(H,24,27). The van der Waals surface area contributed by atoms with E-state index in [1.807, 2.05) is 12.1 Å². The fraction of sp³-hybridized carbons (Fsp3) is 0.304. The predicted molar refractivity (Wildman–Crippen MR) is 112 cm³/mol. The van der Waals surface area contributed by atoms with Gasteiger partial charge in [0.05, 0.1) is 11.1 Å². The van der Waals surface area contributed by atoms with Gasteiger partial charge in [0.1, 0.15) is 0 Å². The summed E-state index contributed by atoms with van der Waals surface area (Å²) in [5.41, 5.74) is 2.23. The Morgan fingerprint density at radius 1 is 0.933 bits per heavy atom. The number of imide groups is 1. The number of hydrogen-bond acceptors (Lipinski definition) is 4. The lowest BCUT2D eigenvalue weighted by molar-refractivity contribution is -0.119. The van der Waals surface area contributed by atoms with Crippen LogP contribution < -0.4 is 10.2 Å². The minimum Gasteiger partial charge on any atom is -0.326 e. The van der Waals surface area contributed by atoms with Crippen molar-refractivity contribution in [1.82, 2.24) is 4.90 Å². The highest BCUT2D eigenvalue weighted by Crippen LogP contribution is 2.25. The van der Waals surface area contributed by atoms with Crippen LogP contribution in [0.1, 0.15) is 52.8 Å². The van der Waals surface area contributed by atoms with Gasteiger partial charge in [0.15, 0.2) is 0 Å². The van der Waals surface area contributed by atoms with E-state index in [4.69, 9.17) is 0 Å². The van der Waals surface area contributed by atoms with Crippen molar-refractivity contribution < 1.29 is 19.2 Å². The summed E-state index contributed by atoms with van der Waals surface area (Å²) in [6.45, 7) is 0.887. The highest BCUT2D eigenvalue weighted by molar-refractivity contribution is 6.21. The number of piperidine rings is 1. The minimum atomic E-state index is -0.310. The van der Waals surface area contributed by atoms with Crippen LogP contribution in [-0.2, 0) is 9.59 Å². The zero-order valence-electron chi connectivity index (χ0n) is 16.6. The van der Waals surface area contributed by atoms with Gasteiger partial charge in [0.25, 0.3) is 11.8 Å². The molecule has 4 amide bonds. The maximum atomic E-state index is 12.4. The predicted octanol–water partition coefficient (Wildman–Crippen LogP) is 3.22. The minimum absolute atomic E-state index is 0.102. The average molecular weight is 405 g/mol. The number of hydrogen-bond donors (Lipinski definition) is 1. The first kappa shape index (κ1) is 19.8. The van der Waals surface area contributed by atoms with Crippen LogP contribution in [0.2, 0.25) is 0 Å². The summed E-state index contributed by atoms with van der Waals surface area (Å²) in [5.74, 6) is -0.718. The van der Waals surface area contributed by atoms with Crippen LogP contribution in [0, 0.1) is 0 Å². The number of amides is 4. The van der Waals surface area contributed by atoms with Gasteiger partial charge >= 0.3 is 0 Å². The molecule has 0 aliphatic carbocycles. The molecule has 30 heavy (non-hydrogen) atoms. The molecule has 2 aromatic carbocycles. The first-order valence-electron chi connectivity index (χ1n) is 10.2. The highest BCUT2D eigenvalue weighted by Gasteiger charge is 2.34. The van der Waals surface area contributed by atoms with Crippen LogP contribution in [0.3, 0.4) is 0 Å². The molecule has 0 saturated carbocycles. The van der Waals surface area contributed by atoms with Crippen molar-refractivity contribution in [1.29, 1.82) is 0 Å². The lowest BCUT2D eigenvalue weighted by atomic mass is 10.1. The Labute approximate surface area is 174 Å². The molecular weight excluding hydrogens is 382 g/mol. The van der Waals surface area contributed by atoms with Crippen LogP contribution in [0.15, 0.2) is 48.5 Å². The van der Waals surface area contributed by atoms with Crippen LogP contribution in [0.25, 0.3) is 0 Å². The van der Waals surface area contributed by atoms with Gasteiger partial charge in [-0.3, -0.25) is 24.1 Å². The van der Waals surface area contributed by atoms with Gasteiger partial charge in [-0.25, -0.2) is 0 Å². The van der Waals surface area contributed by atoms with Gasteiger partial charge in [-0.05, 0) is 49.6 Å². The van der Waals surface area contributed by atoms with Crippen LogP contribution in [-0.4, -0.2) is 41.6 Å². The summed E-state index contributed by atoms with van der Waals surface area (Å²) < 4.78 is 0. The van der Waals surface area contributed by atoms with Gasteiger partial charge in [-0.2, -0.15) is 0 Å². The number of nitrogens with zero attached hydrogens (tertiary/aromatic N) is 2. The van der Waals surface area contributed by atoms with Crippen molar-refractivity contribution in [2.75, 3.05) is 23.3 Å². The fourth-order valence-electron chi connectivity index (χ4n) is 3.89.